The third-order valence-corrected chi connectivity index (χ3v) is 5.99. The SMILES string of the molecule is O=C(c1ccc(Oc2cccnc2)c(CNC2CC2)c1)N1CCN(C2CC2)CC1. The number of ether oxygens (including phenoxy) is 1. The molecule has 1 saturated heterocycles. The van der Waals surface area contributed by atoms with Gasteiger partial charge >= 0.3 is 0 Å². The van der Waals surface area contributed by atoms with Gasteiger partial charge in [-0.3, -0.25) is 14.7 Å². The molecule has 2 saturated carbocycles. The third kappa shape index (κ3) is 4.60. The van der Waals surface area contributed by atoms with Crippen LogP contribution in [0.5, 0.6) is 11.5 Å². The number of aromatic nitrogens is 1. The number of nitrogens with one attached hydrogen (secondary N) is 1. The van der Waals surface area contributed by atoms with Crippen molar-refractivity contribution in [1.82, 2.24) is 20.1 Å². The molecule has 1 N–H and O–H groups in total. The molecular weight excluding hydrogens is 364 g/mol. The molecular formula is C23H28N4O2. The van der Waals surface area contributed by atoms with Gasteiger partial charge in [-0.15, -0.1) is 0 Å². The van der Waals surface area contributed by atoms with Gasteiger partial charge in [0.05, 0.1) is 6.20 Å². The van der Waals surface area contributed by atoms with Gasteiger partial charge in [-0.2, -0.15) is 0 Å². The van der Waals surface area contributed by atoms with Crippen LogP contribution in [0.15, 0.2) is 42.7 Å². The van der Waals surface area contributed by atoms with Crippen LogP contribution in [-0.2, 0) is 6.54 Å². The summed E-state index contributed by atoms with van der Waals surface area (Å²) >= 11 is 0. The summed E-state index contributed by atoms with van der Waals surface area (Å²) in [5.74, 6) is 1.61. The monoisotopic (exact) mass is 392 g/mol. The first-order valence-electron chi connectivity index (χ1n) is 10.7. The average Bonchev–Trinajstić information content (AvgIpc) is 3.67. The maximum atomic E-state index is 13.1. The first kappa shape index (κ1) is 18.6. The molecule has 2 aliphatic carbocycles. The number of pyridine rings is 1. The van der Waals surface area contributed by atoms with Gasteiger partial charge in [-0.25, -0.2) is 0 Å². The van der Waals surface area contributed by atoms with Gasteiger partial charge < -0.3 is 15.0 Å². The van der Waals surface area contributed by atoms with Crippen LogP contribution in [0, 0.1) is 0 Å². The lowest BCUT2D eigenvalue weighted by molar-refractivity contribution is 0.0627. The summed E-state index contributed by atoms with van der Waals surface area (Å²) in [6.45, 7) is 4.33. The minimum absolute atomic E-state index is 0.126. The van der Waals surface area contributed by atoms with E-state index in [4.69, 9.17) is 4.74 Å². The highest BCUT2D eigenvalue weighted by atomic mass is 16.5. The normalized spacial score (nSPS) is 19.9. The largest absolute Gasteiger partial charge is 0.455 e. The van der Waals surface area contributed by atoms with Crippen LogP contribution in [0.1, 0.15) is 41.6 Å². The number of rotatable bonds is 7. The van der Waals surface area contributed by atoms with Crippen molar-refractivity contribution in [2.75, 3.05) is 26.2 Å². The molecule has 3 aliphatic rings. The molecule has 0 atom stereocenters. The molecule has 1 aromatic heterocycles. The van der Waals surface area contributed by atoms with Gasteiger partial charge in [0.2, 0.25) is 0 Å². The average molecular weight is 393 g/mol. The number of hydrogen-bond donors (Lipinski definition) is 1. The van der Waals surface area contributed by atoms with Crippen molar-refractivity contribution in [3.8, 4) is 11.5 Å². The van der Waals surface area contributed by atoms with E-state index in [1.165, 1.54) is 25.7 Å². The molecule has 0 bridgehead atoms. The second kappa shape index (κ2) is 8.13. The second-order valence-corrected chi connectivity index (χ2v) is 8.33. The van der Waals surface area contributed by atoms with E-state index in [1.807, 2.05) is 35.2 Å². The van der Waals surface area contributed by atoms with E-state index in [1.54, 1.807) is 12.4 Å². The van der Waals surface area contributed by atoms with Crippen molar-refractivity contribution in [3.05, 3.63) is 53.9 Å². The fourth-order valence-corrected chi connectivity index (χ4v) is 3.94. The number of benzene rings is 1. The minimum atomic E-state index is 0.126. The summed E-state index contributed by atoms with van der Waals surface area (Å²) in [6.07, 6.45) is 8.53. The van der Waals surface area contributed by atoms with Crippen LogP contribution in [0.25, 0.3) is 0 Å². The number of hydrogen-bond acceptors (Lipinski definition) is 5. The van der Waals surface area contributed by atoms with Gasteiger partial charge in [0.25, 0.3) is 5.91 Å². The van der Waals surface area contributed by atoms with Crippen LogP contribution >= 0.6 is 0 Å². The van der Waals surface area contributed by atoms with Gasteiger partial charge in [0.1, 0.15) is 11.5 Å². The summed E-state index contributed by atoms with van der Waals surface area (Å²) in [5.41, 5.74) is 1.76. The number of carbonyl (C=O) groups excluding carboxylic acids is 1. The molecule has 0 radical (unpaired) electrons. The van der Waals surface area contributed by atoms with Crippen LogP contribution in [0.2, 0.25) is 0 Å². The van der Waals surface area contributed by atoms with E-state index in [-0.39, 0.29) is 5.91 Å². The molecule has 1 aliphatic heterocycles. The molecule has 29 heavy (non-hydrogen) atoms. The van der Waals surface area contributed by atoms with E-state index in [9.17, 15) is 4.79 Å². The zero-order valence-corrected chi connectivity index (χ0v) is 16.7. The first-order valence-corrected chi connectivity index (χ1v) is 10.7. The highest BCUT2D eigenvalue weighted by Gasteiger charge is 2.32. The molecule has 2 aromatic rings. The van der Waals surface area contributed by atoms with Crippen LogP contribution in [0.3, 0.4) is 0 Å². The summed E-state index contributed by atoms with van der Waals surface area (Å²) in [6, 6.07) is 10.9. The van der Waals surface area contributed by atoms with Gasteiger partial charge in [-0.1, -0.05) is 0 Å². The first-order chi connectivity index (χ1) is 14.3. The summed E-state index contributed by atoms with van der Waals surface area (Å²) < 4.78 is 6.06. The van der Waals surface area contributed by atoms with Crippen molar-refractivity contribution in [2.24, 2.45) is 0 Å². The molecule has 2 heterocycles. The van der Waals surface area contributed by atoms with Crippen molar-refractivity contribution >= 4 is 5.91 Å². The van der Waals surface area contributed by atoms with Crippen LogP contribution in [-0.4, -0.2) is 59.0 Å². The Morgan fingerprint density at radius 1 is 1.10 bits per heavy atom. The maximum absolute atomic E-state index is 13.1. The Morgan fingerprint density at radius 2 is 1.93 bits per heavy atom. The molecule has 0 spiro atoms. The van der Waals surface area contributed by atoms with Crippen LogP contribution < -0.4 is 10.1 Å². The highest BCUT2D eigenvalue weighted by molar-refractivity contribution is 5.94. The number of amides is 1. The van der Waals surface area contributed by atoms with E-state index >= 15 is 0 Å². The Hall–Kier alpha value is -2.44. The van der Waals surface area contributed by atoms with E-state index in [0.29, 0.717) is 18.3 Å². The maximum Gasteiger partial charge on any atom is 0.253 e. The molecule has 0 unspecified atom stereocenters. The lowest BCUT2D eigenvalue weighted by Crippen LogP contribution is -2.49. The standard InChI is InChI=1S/C23H28N4O2/c28-23(27-12-10-26(11-13-27)20-6-7-20)17-3-8-22(29-21-2-1-9-24-16-21)18(14-17)15-25-19-4-5-19/h1-3,8-9,14,16,19-20,25H,4-7,10-13,15H2. The lowest BCUT2D eigenvalue weighted by Gasteiger charge is -2.35. The second-order valence-electron chi connectivity index (χ2n) is 8.33. The Kier molecular flexibility index (Phi) is 5.21. The summed E-state index contributed by atoms with van der Waals surface area (Å²) in [7, 11) is 0. The highest BCUT2D eigenvalue weighted by Crippen LogP contribution is 2.29. The van der Waals surface area contributed by atoms with E-state index in [0.717, 1.165) is 49.1 Å². The fourth-order valence-electron chi connectivity index (χ4n) is 3.94. The Morgan fingerprint density at radius 3 is 2.62 bits per heavy atom. The van der Waals surface area contributed by atoms with Gasteiger partial charge in [-0.05, 0) is 56.0 Å². The van der Waals surface area contributed by atoms with Crippen LogP contribution in [0.4, 0.5) is 0 Å². The minimum Gasteiger partial charge on any atom is -0.455 e. The van der Waals surface area contributed by atoms with Crippen molar-refractivity contribution < 1.29 is 9.53 Å². The topological polar surface area (TPSA) is 57.7 Å². The van der Waals surface area contributed by atoms with E-state index in [2.05, 4.69) is 15.2 Å². The summed E-state index contributed by atoms with van der Waals surface area (Å²) in [5, 5.41) is 3.54. The molecule has 3 fully saturated rings. The zero-order valence-electron chi connectivity index (χ0n) is 16.7. The molecule has 6 heteroatoms. The lowest BCUT2D eigenvalue weighted by atomic mass is 10.1. The molecule has 5 rings (SSSR count). The number of piperazine rings is 1. The quantitative estimate of drug-likeness (QED) is 0.785. The third-order valence-electron chi connectivity index (χ3n) is 5.99. The predicted molar refractivity (Wildman–Crippen MR) is 111 cm³/mol. The number of carbonyl (C=O) groups is 1. The Balaban J connectivity index is 1.31. The summed E-state index contributed by atoms with van der Waals surface area (Å²) in [4.78, 5) is 21.7. The molecule has 1 aromatic carbocycles. The van der Waals surface area contributed by atoms with Gasteiger partial charge in [0, 0.05) is 62.1 Å². The predicted octanol–water partition coefficient (Wildman–Crippen LogP) is 3.05. The molecule has 1 amide bonds. The smallest absolute Gasteiger partial charge is 0.253 e. The molecule has 6 nitrogen and oxygen atoms in total. The molecule has 152 valence electrons. The van der Waals surface area contributed by atoms with Crippen molar-refractivity contribution in [2.45, 2.75) is 44.3 Å². The zero-order chi connectivity index (χ0) is 19.6. The fraction of sp³-hybridized carbons (Fsp3) is 0.478. The Labute approximate surface area is 171 Å². The Bertz CT molecular complexity index is 856. The van der Waals surface area contributed by atoms with Crippen molar-refractivity contribution in [3.63, 3.8) is 0 Å². The van der Waals surface area contributed by atoms with E-state index < -0.39 is 0 Å². The van der Waals surface area contributed by atoms with Gasteiger partial charge in [0.15, 0.2) is 0 Å². The van der Waals surface area contributed by atoms with Crippen molar-refractivity contribution in [1.29, 1.82) is 0 Å². The number of nitrogens with zero attached hydrogens (tertiary/aromatic N) is 3.